The number of aryl methyl sites for hydroxylation is 2. The molecule has 1 aliphatic heterocycles. The average Bonchev–Trinajstić information content (AvgIpc) is 3.66. The van der Waals surface area contributed by atoms with Gasteiger partial charge in [-0.3, -0.25) is 4.79 Å². The second-order valence-corrected chi connectivity index (χ2v) is 9.76. The number of aliphatic hydroxyl groups excluding tert-OH is 1. The number of ether oxygens (including phenoxy) is 3. The largest absolute Gasteiger partial charge is 0.491 e. The predicted molar refractivity (Wildman–Crippen MR) is 155 cm³/mol. The van der Waals surface area contributed by atoms with E-state index in [1.807, 2.05) is 65.2 Å². The molecule has 4 aromatic rings. The Labute approximate surface area is 238 Å². The Morgan fingerprint density at radius 3 is 2.63 bits per heavy atom. The van der Waals surface area contributed by atoms with Gasteiger partial charge in [-0.1, -0.05) is 42.5 Å². The zero-order valence-corrected chi connectivity index (χ0v) is 23.0. The molecule has 1 fully saturated rings. The molecule has 0 aliphatic carbocycles. The molecule has 0 spiro atoms. The lowest BCUT2D eigenvalue weighted by molar-refractivity contribution is -0.124. The fourth-order valence-corrected chi connectivity index (χ4v) is 4.92. The number of nitrogens with zero attached hydrogens (tertiary/aromatic N) is 2. The summed E-state index contributed by atoms with van der Waals surface area (Å²) in [6.07, 6.45) is 3.24. The lowest BCUT2D eigenvalue weighted by atomic mass is 10.1. The average molecular weight is 559 g/mol. The molecule has 0 bridgehead atoms. The van der Waals surface area contributed by atoms with Gasteiger partial charge in [0.1, 0.15) is 24.1 Å². The number of fused-ring (bicyclic) bond motifs is 1. The van der Waals surface area contributed by atoms with Gasteiger partial charge in [-0.05, 0) is 48.6 Å². The van der Waals surface area contributed by atoms with E-state index in [0.717, 1.165) is 23.2 Å². The highest BCUT2D eigenvalue weighted by atomic mass is 16.5. The Bertz CT molecular complexity index is 1480. The third-order valence-corrected chi connectivity index (χ3v) is 6.99. The fraction of sp³-hybridized carbons (Fsp3) is 0.323. The van der Waals surface area contributed by atoms with Crippen molar-refractivity contribution in [3.05, 3.63) is 83.7 Å². The smallest absolute Gasteiger partial charge is 0.356 e. The van der Waals surface area contributed by atoms with Crippen LogP contribution in [0.15, 0.2) is 66.9 Å². The number of anilines is 2. The summed E-state index contributed by atoms with van der Waals surface area (Å²) in [5.74, 6) is -0.168. The van der Waals surface area contributed by atoms with Crippen molar-refractivity contribution < 1.29 is 28.9 Å². The Balaban J connectivity index is 1.47. The van der Waals surface area contributed by atoms with Crippen LogP contribution in [0.25, 0.3) is 11.0 Å². The topological polar surface area (TPSA) is 124 Å². The summed E-state index contributed by atoms with van der Waals surface area (Å²) in [4.78, 5) is 31.0. The Morgan fingerprint density at radius 1 is 1.12 bits per heavy atom. The fourth-order valence-electron chi connectivity index (χ4n) is 4.92. The molecule has 0 radical (unpaired) electrons. The predicted octanol–water partition coefficient (Wildman–Crippen LogP) is 4.17. The van der Waals surface area contributed by atoms with Crippen LogP contribution in [0.5, 0.6) is 5.75 Å². The lowest BCUT2D eigenvalue weighted by Gasteiger charge is -2.13. The van der Waals surface area contributed by atoms with E-state index >= 15 is 0 Å². The highest BCUT2D eigenvalue weighted by molar-refractivity contribution is 6.12. The summed E-state index contributed by atoms with van der Waals surface area (Å²) in [5.41, 5.74) is 4.03. The van der Waals surface area contributed by atoms with E-state index in [1.165, 1.54) is 7.11 Å². The van der Waals surface area contributed by atoms with Crippen molar-refractivity contribution in [2.75, 3.05) is 37.6 Å². The lowest BCUT2D eigenvalue weighted by Crippen LogP contribution is -2.28. The van der Waals surface area contributed by atoms with E-state index in [2.05, 4.69) is 10.6 Å². The number of aliphatic hydroxyl groups is 1. The maximum atomic E-state index is 13.1. The van der Waals surface area contributed by atoms with Gasteiger partial charge in [0, 0.05) is 25.1 Å². The summed E-state index contributed by atoms with van der Waals surface area (Å²) < 4.78 is 18.0. The highest BCUT2D eigenvalue weighted by Crippen LogP contribution is 2.34. The maximum Gasteiger partial charge on any atom is 0.356 e. The first kappa shape index (κ1) is 28.1. The molecule has 0 unspecified atom stereocenters. The number of pyridine rings is 1. The molecule has 3 N–H and O–H groups in total. The van der Waals surface area contributed by atoms with Gasteiger partial charge in [0.2, 0.25) is 0 Å². The molecule has 1 saturated heterocycles. The van der Waals surface area contributed by atoms with Crippen LogP contribution >= 0.6 is 0 Å². The van der Waals surface area contributed by atoms with Crippen LogP contribution in [0.2, 0.25) is 0 Å². The zero-order chi connectivity index (χ0) is 28.6. The Morgan fingerprint density at radius 2 is 1.93 bits per heavy atom. The summed E-state index contributed by atoms with van der Waals surface area (Å²) >= 11 is 0. The van der Waals surface area contributed by atoms with Crippen LogP contribution in [0.4, 0.5) is 11.4 Å². The standard InChI is InChI=1S/C31H34N4O6/c1-39-31(38)28-27(34-30(37)26-8-5-16-41-26)25-18-23(32-19-22-9-11-24(12-10-22)40-17-15-36)20-33-29(25)35(28)14-13-21-6-3-2-4-7-21/h2-4,6-7,9-12,18,20,26,32,36H,5,8,13-17,19H2,1H3,(H,34,37)/t26-/m1/s1. The Hall–Kier alpha value is -4.41. The molecule has 1 aliphatic rings. The zero-order valence-electron chi connectivity index (χ0n) is 23.0. The van der Waals surface area contributed by atoms with E-state index in [4.69, 9.17) is 24.3 Å². The Kier molecular flexibility index (Phi) is 9.12. The molecule has 10 heteroatoms. The molecular weight excluding hydrogens is 524 g/mol. The number of benzene rings is 2. The van der Waals surface area contributed by atoms with Crippen molar-refractivity contribution >= 4 is 34.3 Å². The number of carbonyl (C=O) groups excluding carboxylic acids is 2. The van der Waals surface area contributed by atoms with Crippen LogP contribution < -0.4 is 15.4 Å². The molecule has 0 saturated carbocycles. The number of nitrogens with one attached hydrogen (secondary N) is 2. The molecular formula is C31H34N4O6. The number of aromatic nitrogens is 2. The summed E-state index contributed by atoms with van der Waals surface area (Å²) in [6, 6.07) is 19.4. The van der Waals surface area contributed by atoms with E-state index in [1.54, 1.807) is 6.20 Å². The van der Waals surface area contributed by atoms with Gasteiger partial charge in [0.05, 0.1) is 31.3 Å². The number of amides is 1. The normalized spacial score (nSPS) is 14.6. The minimum atomic E-state index is -0.568. The van der Waals surface area contributed by atoms with Gasteiger partial charge in [0.15, 0.2) is 5.69 Å². The first-order valence-corrected chi connectivity index (χ1v) is 13.7. The third-order valence-electron chi connectivity index (χ3n) is 6.99. The number of rotatable bonds is 12. The van der Waals surface area contributed by atoms with Crippen molar-refractivity contribution in [1.29, 1.82) is 0 Å². The molecule has 41 heavy (non-hydrogen) atoms. The van der Waals surface area contributed by atoms with Crippen LogP contribution in [-0.2, 0) is 33.8 Å². The minimum Gasteiger partial charge on any atom is -0.491 e. The van der Waals surface area contributed by atoms with Gasteiger partial charge in [-0.25, -0.2) is 9.78 Å². The van der Waals surface area contributed by atoms with E-state index in [0.29, 0.717) is 55.0 Å². The third kappa shape index (κ3) is 6.67. The number of hydrogen-bond donors (Lipinski definition) is 3. The summed E-state index contributed by atoms with van der Waals surface area (Å²) in [6.45, 7) is 1.72. The van der Waals surface area contributed by atoms with Crippen molar-refractivity contribution in [2.24, 2.45) is 0 Å². The van der Waals surface area contributed by atoms with Gasteiger partial charge in [-0.15, -0.1) is 0 Å². The van der Waals surface area contributed by atoms with Crippen LogP contribution in [0, 0.1) is 0 Å². The van der Waals surface area contributed by atoms with Gasteiger partial charge in [0.25, 0.3) is 5.91 Å². The van der Waals surface area contributed by atoms with Crippen LogP contribution in [0.1, 0.15) is 34.5 Å². The molecule has 5 rings (SSSR count). The van der Waals surface area contributed by atoms with Crippen molar-refractivity contribution in [2.45, 2.75) is 38.5 Å². The van der Waals surface area contributed by atoms with E-state index < -0.39 is 12.1 Å². The van der Waals surface area contributed by atoms with Crippen molar-refractivity contribution in [1.82, 2.24) is 9.55 Å². The number of hydrogen-bond acceptors (Lipinski definition) is 8. The van der Waals surface area contributed by atoms with Crippen LogP contribution in [0.3, 0.4) is 0 Å². The van der Waals surface area contributed by atoms with E-state index in [9.17, 15) is 9.59 Å². The first-order valence-electron chi connectivity index (χ1n) is 13.7. The maximum absolute atomic E-state index is 13.1. The number of carbonyl (C=O) groups is 2. The molecule has 1 atom stereocenters. The van der Waals surface area contributed by atoms with Crippen molar-refractivity contribution in [3.63, 3.8) is 0 Å². The summed E-state index contributed by atoms with van der Waals surface area (Å²) in [5, 5.41) is 15.9. The molecule has 214 valence electrons. The first-order chi connectivity index (χ1) is 20.1. The minimum absolute atomic E-state index is 0.0411. The number of methoxy groups -OCH3 is 1. The quantitative estimate of drug-likeness (QED) is 0.222. The highest BCUT2D eigenvalue weighted by Gasteiger charge is 2.30. The van der Waals surface area contributed by atoms with Gasteiger partial charge < -0.3 is 34.5 Å². The molecule has 2 aromatic carbocycles. The van der Waals surface area contributed by atoms with Gasteiger partial charge >= 0.3 is 5.97 Å². The van der Waals surface area contributed by atoms with Crippen LogP contribution in [-0.4, -0.2) is 59.6 Å². The second-order valence-electron chi connectivity index (χ2n) is 9.76. The SMILES string of the molecule is COC(=O)c1c(NC(=O)[C@H]2CCCO2)c2cc(NCc3ccc(OCCO)cc3)cnc2n1CCc1ccccc1. The van der Waals surface area contributed by atoms with Gasteiger partial charge in [-0.2, -0.15) is 0 Å². The van der Waals surface area contributed by atoms with E-state index in [-0.39, 0.29) is 24.8 Å². The number of esters is 1. The second kappa shape index (κ2) is 13.3. The molecule has 10 nitrogen and oxygen atoms in total. The molecule has 1 amide bonds. The monoisotopic (exact) mass is 558 g/mol. The molecule has 3 heterocycles. The molecule has 2 aromatic heterocycles. The van der Waals surface area contributed by atoms with Crippen molar-refractivity contribution in [3.8, 4) is 5.75 Å². The summed E-state index contributed by atoms with van der Waals surface area (Å²) in [7, 11) is 1.33.